The molecule has 0 bridgehead atoms. The quantitative estimate of drug-likeness (QED) is 0.758. The number of hydrogen-bond donors (Lipinski definition) is 1. The van der Waals surface area contributed by atoms with Crippen LogP contribution in [-0.4, -0.2) is 11.2 Å². The van der Waals surface area contributed by atoms with Gasteiger partial charge in [-0.3, -0.25) is 0 Å². The van der Waals surface area contributed by atoms with Crippen LogP contribution in [0.3, 0.4) is 0 Å². The highest BCUT2D eigenvalue weighted by Crippen LogP contribution is 2.33. The molecule has 3 heteroatoms. The van der Waals surface area contributed by atoms with Crippen LogP contribution in [0.15, 0.2) is 18.2 Å². The fourth-order valence-electron chi connectivity index (χ4n) is 2.22. The fraction of sp³-hybridized carbons (Fsp3) is 0.500. The molecular formula is C12H14F2O. The van der Waals surface area contributed by atoms with Crippen LogP contribution < -0.4 is 0 Å². The lowest BCUT2D eigenvalue weighted by atomic mass is 9.83. The molecule has 0 atom stereocenters. The third-order valence-electron chi connectivity index (χ3n) is 3.05. The first kappa shape index (κ1) is 10.6. The number of halogens is 2. The lowest BCUT2D eigenvalue weighted by Crippen LogP contribution is -2.17. The first-order valence-corrected chi connectivity index (χ1v) is 5.29. The van der Waals surface area contributed by atoms with Gasteiger partial charge in [0.1, 0.15) is 11.6 Å². The Balaban J connectivity index is 2.15. The van der Waals surface area contributed by atoms with Gasteiger partial charge >= 0.3 is 0 Å². The van der Waals surface area contributed by atoms with Crippen molar-refractivity contribution in [3.63, 3.8) is 0 Å². The number of rotatable bonds is 1. The molecule has 0 heterocycles. The second-order valence-corrected chi connectivity index (χ2v) is 4.21. The Hall–Kier alpha value is -0.960. The molecule has 1 aliphatic carbocycles. The van der Waals surface area contributed by atoms with E-state index in [2.05, 4.69) is 0 Å². The molecule has 0 unspecified atom stereocenters. The first-order valence-electron chi connectivity index (χ1n) is 5.29. The molecule has 15 heavy (non-hydrogen) atoms. The van der Waals surface area contributed by atoms with Crippen LogP contribution in [0.5, 0.6) is 0 Å². The minimum Gasteiger partial charge on any atom is -0.393 e. The zero-order valence-electron chi connectivity index (χ0n) is 8.42. The van der Waals surface area contributed by atoms with E-state index in [1.165, 1.54) is 12.1 Å². The summed E-state index contributed by atoms with van der Waals surface area (Å²) in [7, 11) is 0. The largest absolute Gasteiger partial charge is 0.393 e. The van der Waals surface area contributed by atoms with Crippen LogP contribution in [0.25, 0.3) is 0 Å². The maximum Gasteiger partial charge on any atom is 0.126 e. The first-order chi connectivity index (χ1) is 7.15. The molecule has 1 fully saturated rings. The molecule has 0 radical (unpaired) electrons. The molecule has 1 aromatic carbocycles. The SMILES string of the molecule is OC1CCC(c2cc(F)cc(F)c2)CC1. The van der Waals surface area contributed by atoms with E-state index in [1.54, 1.807) is 0 Å². The van der Waals surface area contributed by atoms with Gasteiger partial charge < -0.3 is 5.11 Å². The highest BCUT2D eigenvalue weighted by molar-refractivity contribution is 5.22. The third kappa shape index (κ3) is 2.53. The highest BCUT2D eigenvalue weighted by Gasteiger charge is 2.21. The van der Waals surface area contributed by atoms with Gasteiger partial charge in [-0.2, -0.15) is 0 Å². The van der Waals surface area contributed by atoms with Crippen molar-refractivity contribution in [3.8, 4) is 0 Å². The standard InChI is InChI=1S/C12H14F2O/c13-10-5-9(6-11(14)7-10)8-1-3-12(15)4-2-8/h5-8,12,15H,1-4H2. The molecule has 0 amide bonds. The monoisotopic (exact) mass is 212 g/mol. The summed E-state index contributed by atoms with van der Waals surface area (Å²) < 4.78 is 25.9. The number of benzene rings is 1. The second-order valence-electron chi connectivity index (χ2n) is 4.21. The van der Waals surface area contributed by atoms with E-state index >= 15 is 0 Å². The maximum absolute atomic E-state index is 13.0. The summed E-state index contributed by atoms with van der Waals surface area (Å²) in [6.45, 7) is 0. The van der Waals surface area contributed by atoms with Crippen molar-refractivity contribution < 1.29 is 13.9 Å². The lowest BCUT2D eigenvalue weighted by molar-refractivity contribution is 0.122. The van der Waals surface area contributed by atoms with Crippen LogP contribution in [0.2, 0.25) is 0 Å². The molecule has 2 rings (SSSR count). The van der Waals surface area contributed by atoms with Crippen molar-refractivity contribution in [1.82, 2.24) is 0 Å². The van der Waals surface area contributed by atoms with Crippen LogP contribution in [0.1, 0.15) is 37.2 Å². The van der Waals surface area contributed by atoms with Gasteiger partial charge in [0.05, 0.1) is 6.10 Å². The van der Waals surface area contributed by atoms with Crippen molar-refractivity contribution in [2.45, 2.75) is 37.7 Å². The van der Waals surface area contributed by atoms with Crippen molar-refractivity contribution >= 4 is 0 Å². The minimum atomic E-state index is -0.517. The summed E-state index contributed by atoms with van der Waals surface area (Å²) in [5, 5.41) is 9.33. The topological polar surface area (TPSA) is 20.2 Å². The van der Waals surface area contributed by atoms with Gasteiger partial charge in [-0.05, 0) is 49.3 Å². The zero-order valence-corrected chi connectivity index (χ0v) is 8.42. The zero-order chi connectivity index (χ0) is 10.8. The Morgan fingerprint density at radius 2 is 1.47 bits per heavy atom. The summed E-state index contributed by atoms with van der Waals surface area (Å²) in [5.41, 5.74) is 0.722. The summed E-state index contributed by atoms with van der Waals surface area (Å²) in [6, 6.07) is 3.68. The van der Waals surface area contributed by atoms with E-state index in [0.29, 0.717) is 0 Å². The van der Waals surface area contributed by atoms with Gasteiger partial charge in [-0.1, -0.05) is 0 Å². The van der Waals surface area contributed by atoms with E-state index in [9.17, 15) is 13.9 Å². The number of aliphatic hydroxyl groups excluding tert-OH is 1. The number of hydrogen-bond acceptors (Lipinski definition) is 1. The van der Waals surface area contributed by atoms with Crippen LogP contribution in [0, 0.1) is 11.6 Å². The smallest absolute Gasteiger partial charge is 0.126 e. The molecule has 0 aliphatic heterocycles. The van der Waals surface area contributed by atoms with E-state index < -0.39 is 11.6 Å². The molecule has 1 nitrogen and oxygen atoms in total. The van der Waals surface area contributed by atoms with Crippen molar-refractivity contribution in [3.05, 3.63) is 35.4 Å². The highest BCUT2D eigenvalue weighted by atomic mass is 19.1. The minimum absolute atomic E-state index is 0.193. The Bertz CT molecular complexity index is 323. The van der Waals surface area contributed by atoms with Crippen molar-refractivity contribution in [1.29, 1.82) is 0 Å². The Morgan fingerprint density at radius 3 is 2.00 bits per heavy atom. The van der Waals surface area contributed by atoms with Crippen LogP contribution in [0.4, 0.5) is 8.78 Å². The third-order valence-corrected chi connectivity index (χ3v) is 3.05. The van der Waals surface area contributed by atoms with Gasteiger partial charge in [0.25, 0.3) is 0 Å². The second kappa shape index (κ2) is 4.27. The average molecular weight is 212 g/mol. The van der Waals surface area contributed by atoms with E-state index in [4.69, 9.17) is 0 Å². The van der Waals surface area contributed by atoms with Gasteiger partial charge in [0.2, 0.25) is 0 Å². The molecule has 82 valence electrons. The Kier molecular flexibility index (Phi) is 3.00. The summed E-state index contributed by atoms with van der Waals surface area (Å²) in [6.07, 6.45) is 2.83. The molecule has 1 aliphatic rings. The predicted octanol–water partition coefficient (Wildman–Crippen LogP) is 2.98. The number of aliphatic hydroxyl groups is 1. The molecule has 1 N–H and O–H groups in total. The molecular weight excluding hydrogens is 198 g/mol. The predicted molar refractivity (Wildman–Crippen MR) is 53.6 cm³/mol. The normalized spacial score (nSPS) is 26.6. The van der Waals surface area contributed by atoms with E-state index in [-0.39, 0.29) is 12.0 Å². The van der Waals surface area contributed by atoms with Crippen LogP contribution in [-0.2, 0) is 0 Å². The Labute approximate surface area is 87.7 Å². The van der Waals surface area contributed by atoms with E-state index in [0.717, 1.165) is 37.3 Å². The lowest BCUT2D eigenvalue weighted by Gasteiger charge is -2.25. The van der Waals surface area contributed by atoms with Gasteiger partial charge in [0.15, 0.2) is 0 Å². The van der Waals surface area contributed by atoms with Gasteiger partial charge in [-0.15, -0.1) is 0 Å². The van der Waals surface area contributed by atoms with Crippen molar-refractivity contribution in [2.75, 3.05) is 0 Å². The van der Waals surface area contributed by atoms with Crippen molar-refractivity contribution in [2.24, 2.45) is 0 Å². The van der Waals surface area contributed by atoms with Gasteiger partial charge in [-0.25, -0.2) is 8.78 Å². The average Bonchev–Trinajstić information content (AvgIpc) is 2.17. The van der Waals surface area contributed by atoms with E-state index in [1.807, 2.05) is 0 Å². The van der Waals surface area contributed by atoms with Gasteiger partial charge in [0, 0.05) is 6.07 Å². The maximum atomic E-state index is 13.0. The molecule has 0 saturated heterocycles. The van der Waals surface area contributed by atoms with Crippen LogP contribution >= 0.6 is 0 Å². The molecule has 1 saturated carbocycles. The molecule has 1 aromatic rings. The molecule has 0 aromatic heterocycles. The summed E-state index contributed by atoms with van der Waals surface area (Å²) >= 11 is 0. The summed E-state index contributed by atoms with van der Waals surface area (Å²) in [4.78, 5) is 0. The summed E-state index contributed by atoms with van der Waals surface area (Å²) in [5.74, 6) is -0.842. The Morgan fingerprint density at radius 1 is 0.933 bits per heavy atom. The molecule has 0 spiro atoms. The fourth-order valence-corrected chi connectivity index (χ4v) is 2.22.